The topological polar surface area (TPSA) is 49.4 Å². The van der Waals surface area contributed by atoms with Crippen LogP contribution in [-0.2, 0) is 4.79 Å². The van der Waals surface area contributed by atoms with Crippen LogP contribution in [0.4, 0.5) is 4.79 Å². The highest BCUT2D eigenvalue weighted by Crippen LogP contribution is 2.30. The molecule has 1 rings (SSSR count). The minimum atomic E-state index is -0.332. The molecule has 0 spiro atoms. The van der Waals surface area contributed by atoms with E-state index in [9.17, 15) is 9.59 Å². The molecule has 1 aliphatic rings. The normalized spacial score (nSPS) is 15.8. The van der Waals surface area contributed by atoms with Gasteiger partial charge in [0, 0.05) is 20.0 Å². The van der Waals surface area contributed by atoms with Gasteiger partial charge in [-0.25, -0.2) is 4.79 Å². The van der Waals surface area contributed by atoms with Crippen LogP contribution in [-0.4, -0.2) is 30.9 Å². The van der Waals surface area contributed by atoms with E-state index in [0.717, 1.165) is 17.7 Å². The van der Waals surface area contributed by atoms with Gasteiger partial charge in [-0.15, -0.1) is 0 Å². The van der Waals surface area contributed by atoms with Crippen molar-refractivity contribution in [2.45, 2.75) is 12.8 Å². The molecule has 4 heteroatoms. The van der Waals surface area contributed by atoms with Crippen molar-refractivity contribution in [2.24, 2.45) is 5.92 Å². The molecule has 62 valence electrons. The van der Waals surface area contributed by atoms with E-state index >= 15 is 0 Å². The average Bonchev–Trinajstić information content (AvgIpc) is 2.82. The SMILES string of the molecule is CNC(=O)N(C)C(=O)C1CC1. The van der Waals surface area contributed by atoms with Crippen molar-refractivity contribution in [1.82, 2.24) is 10.2 Å². The predicted octanol–water partition coefficient (Wildman–Crippen LogP) is 0.194. The van der Waals surface area contributed by atoms with Gasteiger partial charge in [0.1, 0.15) is 0 Å². The van der Waals surface area contributed by atoms with Gasteiger partial charge in [-0.3, -0.25) is 9.69 Å². The number of nitrogens with zero attached hydrogens (tertiary/aromatic N) is 1. The van der Waals surface area contributed by atoms with Gasteiger partial charge in [-0.05, 0) is 12.8 Å². The van der Waals surface area contributed by atoms with Crippen LogP contribution in [0.15, 0.2) is 0 Å². The Kier molecular flexibility index (Phi) is 2.12. The minimum absolute atomic E-state index is 0.0654. The zero-order chi connectivity index (χ0) is 8.43. The van der Waals surface area contributed by atoms with Gasteiger partial charge < -0.3 is 5.32 Å². The molecule has 0 aromatic rings. The molecule has 0 aromatic carbocycles. The minimum Gasteiger partial charge on any atom is -0.341 e. The zero-order valence-electron chi connectivity index (χ0n) is 6.76. The first kappa shape index (κ1) is 8.04. The van der Waals surface area contributed by atoms with Gasteiger partial charge in [-0.2, -0.15) is 0 Å². The van der Waals surface area contributed by atoms with Crippen LogP contribution in [0.3, 0.4) is 0 Å². The molecule has 0 atom stereocenters. The van der Waals surface area contributed by atoms with Crippen molar-refractivity contribution in [2.75, 3.05) is 14.1 Å². The highest BCUT2D eigenvalue weighted by Gasteiger charge is 2.33. The van der Waals surface area contributed by atoms with E-state index in [-0.39, 0.29) is 17.9 Å². The van der Waals surface area contributed by atoms with Gasteiger partial charge in [0.15, 0.2) is 0 Å². The smallest absolute Gasteiger partial charge is 0.323 e. The molecule has 1 N–H and O–H groups in total. The number of nitrogens with one attached hydrogen (secondary N) is 1. The number of amides is 3. The number of imide groups is 1. The molecule has 4 nitrogen and oxygen atoms in total. The molecule has 0 heterocycles. The monoisotopic (exact) mass is 156 g/mol. The third-order valence-corrected chi connectivity index (χ3v) is 1.78. The molecule has 11 heavy (non-hydrogen) atoms. The van der Waals surface area contributed by atoms with Crippen LogP contribution in [0.2, 0.25) is 0 Å². The summed E-state index contributed by atoms with van der Waals surface area (Å²) in [5.74, 6) is 0.0432. The van der Waals surface area contributed by atoms with E-state index in [1.807, 2.05) is 0 Å². The van der Waals surface area contributed by atoms with E-state index in [0.29, 0.717) is 0 Å². The molecule has 0 saturated heterocycles. The van der Waals surface area contributed by atoms with E-state index < -0.39 is 0 Å². The fraction of sp³-hybridized carbons (Fsp3) is 0.714. The number of carbonyl (C=O) groups is 2. The summed E-state index contributed by atoms with van der Waals surface area (Å²) in [6.45, 7) is 0. The highest BCUT2D eigenvalue weighted by atomic mass is 16.2. The Hall–Kier alpha value is -1.06. The van der Waals surface area contributed by atoms with E-state index in [2.05, 4.69) is 5.32 Å². The second kappa shape index (κ2) is 2.90. The van der Waals surface area contributed by atoms with Crippen molar-refractivity contribution in [1.29, 1.82) is 0 Å². The third kappa shape index (κ3) is 1.69. The van der Waals surface area contributed by atoms with E-state index in [1.165, 1.54) is 14.1 Å². The predicted molar refractivity (Wildman–Crippen MR) is 39.9 cm³/mol. The molecule has 0 aliphatic heterocycles. The Balaban J connectivity index is 2.44. The molecule has 0 unspecified atom stereocenters. The summed E-state index contributed by atoms with van der Waals surface area (Å²) in [5, 5.41) is 2.39. The summed E-state index contributed by atoms with van der Waals surface area (Å²) in [6, 6.07) is -0.332. The number of carbonyl (C=O) groups excluding carboxylic acids is 2. The maximum absolute atomic E-state index is 11.2. The summed E-state index contributed by atoms with van der Waals surface area (Å²) >= 11 is 0. The van der Waals surface area contributed by atoms with Crippen LogP contribution < -0.4 is 5.32 Å². The van der Waals surface area contributed by atoms with Gasteiger partial charge in [-0.1, -0.05) is 0 Å². The van der Waals surface area contributed by atoms with Crippen LogP contribution in [0.1, 0.15) is 12.8 Å². The molecular formula is C7H12N2O2. The van der Waals surface area contributed by atoms with Crippen LogP contribution in [0.5, 0.6) is 0 Å². The zero-order valence-corrected chi connectivity index (χ0v) is 6.76. The maximum atomic E-state index is 11.2. The Bertz CT molecular complexity index is 187. The largest absolute Gasteiger partial charge is 0.341 e. The molecule has 3 amide bonds. The summed E-state index contributed by atoms with van der Waals surface area (Å²) in [5.41, 5.74) is 0. The third-order valence-electron chi connectivity index (χ3n) is 1.78. The second-order valence-electron chi connectivity index (χ2n) is 2.73. The first-order chi connectivity index (χ1) is 5.16. The van der Waals surface area contributed by atoms with Crippen LogP contribution in [0, 0.1) is 5.92 Å². The molecule has 0 bridgehead atoms. The van der Waals surface area contributed by atoms with E-state index in [1.54, 1.807) is 0 Å². The van der Waals surface area contributed by atoms with Crippen LogP contribution in [0.25, 0.3) is 0 Å². The van der Waals surface area contributed by atoms with Gasteiger partial charge in [0.25, 0.3) is 0 Å². The van der Waals surface area contributed by atoms with Gasteiger partial charge >= 0.3 is 6.03 Å². The lowest BCUT2D eigenvalue weighted by molar-refractivity contribution is -0.128. The van der Waals surface area contributed by atoms with E-state index in [4.69, 9.17) is 0 Å². The lowest BCUT2D eigenvalue weighted by atomic mass is 10.4. The molecule has 0 radical (unpaired) electrons. The second-order valence-corrected chi connectivity index (χ2v) is 2.73. The van der Waals surface area contributed by atoms with Gasteiger partial charge in [0.05, 0.1) is 0 Å². The first-order valence-corrected chi connectivity index (χ1v) is 3.66. The fourth-order valence-corrected chi connectivity index (χ4v) is 0.872. The Morgan fingerprint density at radius 3 is 2.36 bits per heavy atom. The van der Waals surface area contributed by atoms with Gasteiger partial charge in [0.2, 0.25) is 5.91 Å². The van der Waals surface area contributed by atoms with Crippen molar-refractivity contribution in [3.63, 3.8) is 0 Å². The number of hydrogen-bond donors (Lipinski definition) is 1. The molecule has 1 aliphatic carbocycles. The van der Waals surface area contributed by atoms with Crippen molar-refractivity contribution in [3.05, 3.63) is 0 Å². The van der Waals surface area contributed by atoms with Crippen molar-refractivity contribution < 1.29 is 9.59 Å². The molecular weight excluding hydrogens is 144 g/mol. The lowest BCUT2D eigenvalue weighted by Gasteiger charge is -2.13. The molecule has 1 fully saturated rings. The van der Waals surface area contributed by atoms with Crippen molar-refractivity contribution >= 4 is 11.9 Å². The van der Waals surface area contributed by atoms with Crippen LogP contribution >= 0.6 is 0 Å². The Labute approximate surface area is 65.6 Å². The standard InChI is InChI=1S/C7H12N2O2/c1-8-7(11)9(2)6(10)5-3-4-5/h5H,3-4H2,1-2H3,(H,8,11). The lowest BCUT2D eigenvalue weighted by Crippen LogP contribution is -2.40. The Morgan fingerprint density at radius 1 is 1.45 bits per heavy atom. The number of rotatable bonds is 1. The quantitative estimate of drug-likeness (QED) is 0.589. The summed E-state index contributed by atoms with van der Waals surface area (Å²) in [7, 11) is 3.01. The average molecular weight is 156 g/mol. The summed E-state index contributed by atoms with van der Waals surface area (Å²) < 4.78 is 0. The molecule has 1 saturated carbocycles. The fourth-order valence-electron chi connectivity index (χ4n) is 0.872. The number of hydrogen-bond acceptors (Lipinski definition) is 2. The Morgan fingerprint density at radius 2 is 2.00 bits per heavy atom. The molecule has 0 aromatic heterocycles. The maximum Gasteiger partial charge on any atom is 0.323 e. The summed E-state index contributed by atoms with van der Waals surface area (Å²) in [6.07, 6.45) is 1.86. The highest BCUT2D eigenvalue weighted by molar-refractivity contribution is 5.96. The van der Waals surface area contributed by atoms with Crippen molar-refractivity contribution in [3.8, 4) is 0 Å². The first-order valence-electron chi connectivity index (χ1n) is 3.66. The summed E-state index contributed by atoms with van der Waals surface area (Å²) in [4.78, 5) is 23.2. The number of urea groups is 1.